The summed E-state index contributed by atoms with van der Waals surface area (Å²) in [4.78, 5) is 5.60. The quantitative estimate of drug-likeness (QED) is 0.881. The fraction of sp³-hybridized carbons (Fsp3) is 0.357. The number of rotatable bonds is 5. The summed E-state index contributed by atoms with van der Waals surface area (Å²) in [6.07, 6.45) is 2.88. The van der Waals surface area contributed by atoms with Gasteiger partial charge >= 0.3 is 0 Å². The zero-order chi connectivity index (χ0) is 12.1. The third kappa shape index (κ3) is 3.14. The molecule has 1 heterocycles. The number of aromatic nitrogens is 1. The van der Waals surface area contributed by atoms with E-state index in [1.807, 2.05) is 6.07 Å². The first kappa shape index (κ1) is 12.3. The zero-order valence-electron chi connectivity index (χ0n) is 10.0. The maximum Gasteiger partial charge on any atom is 0.0935 e. The highest BCUT2D eigenvalue weighted by Gasteiger charge is 2.08. The van der Waals surface area contributed by atoms with Crippen molar-refractivity contribution in [1.29, 1.82) is 0 Å². The normalized spacial score (nSPS) is 10.7. The standard InChI is InChI=1S/C14H17NOS/c1-2-12-13(10-16)17-14(15-12)9-8-11-6-4-3-5-7-11/h3-7,16H,2,8-10H2,1H3. The molecule has 17 heavy (non-hydrogen) atoms. The molecular formula is C14H17NOS. The minimum Gasteiger partial charge on any atom is -0.391 e. The third-order valence-corrected chi connectivity index (χ3v) is 3.91. The molecule has 2 nitrogen and oxygen atoms in total. The van der Waals surface area contributed by atoms with Crippen LogP contribution in [0, 0.1) is 0 Å². The van der Waals surface area contributed by atoms with Crippen LogP contribution in [0.4, 0.5) is 0 Å². The predicted octanol–water partition coefficient (Wildman–Crippen LogP) is 2.98. The van der Waals surface area contributed by atoms with E-state index in [4.69, 9.17) is 0 Å². The predicted molar refractivity (Wildman–Crippen MR) is 71.3 cm³/mol. The molecule has 0 fully saturated rings. The van der Waals surface area contributed by atoms with Crippen LogP contribution in [0.15, 0.2) is 30.3 Å². The van der Waals surface area contributed by atoms with E-state index in [9.17, 15) is 5.11 Å². The number of thiazole rings is 1. The first-order valence-electron chi connectivity index (χ1n) is 5.95. The third-order valence-electron chi connectivity index (χ3n) is 2.77. The molecule has 0 amide bonds. The Morgan fingerprint density at radius 1 is 1.18 bits per heavy atom. The molecular weight excluding hydrogens is 230 g/mol. The van der Waals surface area contributed by atoms with Crippen LogP contribution >= 0.6 is 11.3 Å². The van der Waals surface area contributed by atoms with E-state index in [1.54, 1.807) is 11.3 Å². The van der Waals surface area contributed by atoms with Gasteiger partial charge in [0.2, 0.25) is 0 Å². The fourth-order valence-corrected chi connectivity index (χ4v) is 2.86. The summed E-state index contributed by atoms with van der Waals surface area (Å²) < 4.78 is 0. The number of nitrogens with zero attached hydrogens (tertiary/aromatic N) is 1. The van der Waals surface area contributed by atoms with Gasteiger partial charge in [-0.05, 0) is 18.4 Å². The van der Waals surface area contributed by atoms with Gasteiger partial charge in [0.25, 0.3) is 0 Å². The highest BCUT2D eigenvalue weighted by atomic mass is 32.1. The first-order valence-corrected chi connectivity index (χ1v) is 6.77. The molecule has 0 saturated carbocycles. The van der Waals surface area contributed by atoms with Gasteiger partial charge in [0.15, 0.2) is 0 Å². The Bertz CT molecular complexity index is 443. The molecule has 0 radical (unpaired) electrons. The summed E-state index contributed by atoms with van der Waals surface area (Å²) in [5.41, 5.74) is 2.40. The summed E-state index contributed by atoms with van der Waals surface area (Å²) in [6, 6.07) is 10.4. The Balaban J connectivity index is 2.02. The van der Waals surface area contributed by atoms with Crippen LogP contribution in [-0.4, -0.2) is 10.1 Å². The van der Waals surface area contributed by atoms with Crippen LogP contribution in [0.25, 0.3) is 0 Å². The zero-order valence-corrected chi connectivity index (χ0v) is 10.8. The molecule has 1 N–H and O–H groups in total. The number of hydrogen-bond donors (Lipinski definition) is 1. The number of benzene rings is 1. The summed E-state index contributed by atoms with van der Waals surface area (Å²) in [6.45, 7) is 2.20. The second-order valence-electron chi connectivity index (χ2n) is 3.97. The Labute approximate surface area is 106 Å². The molecule has 0 unspecified atom stereocenters. The van der Waals surface area contributed by atoms with Crippen molar-refractivity contribution in [1.82, 2.24) is 4.98 Å². The van der Waals surface area contributed by atoms with E-state index in [0.717, 1.165) is 34.8 Å². The van der Waals surface area contributed by atoms with Gasteiger partial charge in [0.05, 0.1) is 22.2 Å². The van der Waals surface area contributed by atoms with Gasteiger partial charge in [0, 0.05) is 6.42 Å². The smallest absolute Gasteiger partial charge is 0.0935 e. The van der Waals surface area contributed by atoms with Crippen molar-refractivity contribution < 1.29 is 5.11 Å². The van der Waals surface area contributed by atoms with Gasteiger partial charge < -0.3 is 5.11 Å². The van der Waals surface area contributed by atoms with E-state index in [2.05, 4.69) is 36.2 Å². The number of hydrogen-bond acceptors (Lipinski definition) is 3. The Morgan fingerprint density at radius 3 is 2.53 bits per heavy atom. The number of aryl methyl sites for hydroxylation is 3. The molecule has 3 heteroatoms. The monoisotopic (exact) mass is 247 g/mol. The fourth-order valence-electron chi connectivity index (χ4n) is 1.84. The van der Waals surface area contributed by atoms with E-state index >= 15 is 0 Å². The molecule has 2 rings (SSSR count). The van der Waals surface area contributed by atoms with Gasteiger partial charge in [-0.25, -0.2) is 4.98 Å². The van der Waals surface area contributed by atoms with Gasteiger partial charge in [-0.15, -0.1) is 11.3 Å². The van der Waals surface area contributed by atoms with E-state index in [-0.39, 0.29) is 6.61 Å². The summed E-state index contributed by atoms with van der Waals surface area (Å²) in [5, 5.41) is 10.4. The average Bonchev–Trinajstić information content (AvgIpc) is 2.80. The van der Waals surface area contributed by atoms with Crippen LogP contribution in [0.3, 0.4) is 0 Å². The largest absolute Gasteiger partial charge is 0.391 e. The van der Waals surface area contributed by atoms with Gasteiger partial charge in [-0.1, -0.05) is 37.3 Å². The summed E-state index contributed by atoms with van der Waals surface area (Å²) >= 11 is 1.64. The van der Waals surface area contributed by atoms with Gasteiger partial charge in [-0.2, -0.15) is 0 Å². The first-order chi connectivity index (χ1) is 8.33. The van der Waals surface area contributed by atoms with Crippen molar-refractivity contribution in [3.8, 4) is 0 Å². The second-order valence-corrected chi connectivity index (χ2v) is 5.14. The molecule has 0 bridgehead atoms. The van der Waals surface area contributed by atoms with E-state index in [0.29, 0.717) is 0 Å². The lowest BCUT2D eigenvalue weighted by molar-refractivity contribution is 0.284. The van der Waals surface area contributed by atoms with Crippen LogP contribution in [0.1, 0.15) is 28.1 Å². The van der Waals surface area contributed by atoms with Crippen molar-refractivity contribution in [2.45, 2.75) is 32.8 Å². The maximum atomic E-state index is 9.22. The van der Waals surface area contributed by atoms with E-state index < -0.39 is 0 Å². The minimum absolute atomic E-state index is 0.117. The SMILES string of the molecule is CCc1nc(CCc2ccccc2)sc1CO. The van der Waals surface area contributed by atoms with Crippen LogP contribution in [0.2, 0.25) is 0 Å². The molecule has 2 aromatic rings. The molecule has 1 aromatic carbocycles. The lowest BCUT2D eigenvalue weighted by Gasteiger charge is -1.97. The molecule has 90 valence electrons. The molecule has 1 aromatic heterocycles. The highest BCUT2D eigenvalue weighted by molar-refractivity contribution is 7.11. The van der Waals surface area contributed by atoms with Crippen molar-refractivity contribution in [3.05, 3.63) is 51.5 Å². The second kappa shape index (κ2) is 5.94. The molecule has 0 atom stereocenters. The average molecular weight is 247 g/mol. The minimum atomic E-state index is 0.117. The molecule has 0 aliphatic rings. The van der Waals surface area contributed by atoms with Crippen LogP contribution in [-0.2, 0) is 25.9 Å². The summed E-state index contributed by atoms with van der Waals surface area (Å²) in [5.74, 6) is 0. The molecule has 0 aliphatic heterocycles. The van der Waals surface area contributed by atoms with Crippen LogP contribution in [0.5, 0.6) is 0 Å². The Kier molecular flexibility index (Phi) is 4.29. The molecule has 0 saturated heterocycles. The number of aliphatic hydroxyl groups excluding tert-OH is 1. The van der Waals surface area contributed by atoms with Crippen molar-refractivity contribution in [3.63, 3.8) is 0 Å². The van der Waals surface area contributed by atoms with Crippen molar-refractivity contribution in [2.24, 2.45) is 0 Å². The number of aliphatic hydroxyl groups is 1. The van der Waals surface area contributed by atoms with Crippen molar-refractivity contribution in [2.75, 3.05) is 0 Å². The Hall–Kier alpha value is -1.19. The van der Waals surface area contributed by atoms with Gasteiger partial charge in [-0.3, -0.25) is 0 Å². The van der Waals surface area contributed by atoms with Gasteiger partial charge in [0.1, 0.15) is 0 Å². The molecule has 0 spiro atoms. The van der Waals surface area contributed by atoms with Crippen LogP contribution < -0.4 is 0 Å². The lowest BCUT2D eigenvalue weighted by Crippen LogP contribution is -1.91. The molecule has 0 aliphatic carbocycles. The Morgan fingerprint density at radius 2 is 1.94 bits per heavy atom. The van der Waals surface area contributed by atoms with Crippen molar-refractivity contribution >= 4 is 11.3 Å². The summed E-state index contributed by atoms with van der Waals surface area (Å²) in [7, 11) is 0. The maximum absolute atomic E-state index is 9.22. The highest BCUT2D eigenvalue weighted by Crippen LogP contribution is 2.20. The lowest BCUT2D eigenvalue weighted by atomic mass is 10.1. The topological polar surface area (TPSA) is 33.1 Å². The van der Waals surface area contributed by atoms with E-state index in [1.165, 1.54) is 5.56 Å².